The average Bonchev–Trinajstić information content (AvgIpc) is 2.44. The van der Waals surface area contributed by atoms with Crippen molar-refractivity contribution in [1.29, 1.82) is 0 Å². The number of likely N-dealkylation sites (N-methyl/N-ethyl adjacent to an activating group) is 1. The predicted octanol–water partition coefficient (Wildman–Crippen LogP) is 0.795. The lowest BCUT2D eigenvalue weighted by Gasteiger charge is -2.12. The normalized spacial score (nSPS) is 10.7. The highest BCUT2D eigenvalue weighted by atomic mass is 16.5. The van der Waals surface area contributed by atoms with Crippen LogP contribution >= 0.6 is 0 Å². The number of amides is 2. The molecule has 0 radical (unpaired) electrons. The number of nitrogens with one attached hydrogen (secondary N) is 1. The molecule has 1 aromatic rings. The fourth-order valence-corrected chi connectivity index (χ4v) is 1.39. The maximum atomic E-state index is 11.9. The molecule has 0 aromatic heterocycles. The first-order valence-corrected chi connectivity index (χ1v) is 6.31. The summed E-state index contributed by atoms with van der Waals surface area (Å²) < 4.78 is 4.89. The van der Waals surface area contributed by atoms with Crippen LogP contribution in [0.2, 0.25) is 0 Å². The topological polar surface area (TPSA) is 75.7 Å². The number of benzene rings is 1. The number of hydrogen-bond donors (Lipinski definition) is 1. The first-order chi connectivity index (χ1) is 9.90. The highest BCUT2D eigenvalue weighted by Crippen LogP contribution is 2.06. The summed E-state index contributed by atoms with van der Waals surface area (Å²) in [5.41, 5.74) is 0.720. The molecule has 1 rings (SSSR count). The quantitative estimate of drug-likeness (QED) is 0.643. The van der Waals surface area contributed by atoms with Gasteiger partial charge in [0.15, 0.2) is 6.61 Å². The van der Waals surface area contributed by atoms with Gasteiger partial charge in [0.2, 0.25) is 5.91 Å². The summed E-state index contributed by atoms with van der Waals surface area (Å²) in [6.45, 7) is 0.911. The summed E-state index contributed by atoms with van der Waals surface area (Å²) in [6.07, 6.45) is 1.49. The molecule has 0 spiro atoms. The second-order valence-electron chi connectivity index (χ2n) is 4.51. The van der Waals surface area contributed by atoms with Crippen molar-refractivity contribution >= 4 is 23.9 Å². The van der Waals surface area contributed by atoms with Gasteiger partial charge in [-0.1, -0.05) is 30.3 Å². The average molecular weight is 290 g/mol. The lowest BCUT2D eigenvalue weighted by Crippen LogP contribution is -2.31. The van der Waals surface area contributed by atoms with Gasteiger partial charge in [0.25, 0.3) is 5.91 Å². The molecular weight excluding hydrogens is 272 g/mol. The molecular formula is C15H18N2O4. The fraction of sp³-hybridized carbons (Fsp3) is 0.267. The molecule has 1 N–H and O–H groups in total. The van der Waals surface area contributed by atoms with Gasteiger partial charge in [0, 0.05) is 21.0 Å². The van der Waals surface area contributed by atoms with Crippen molar-refractivity contribution in [1.82, 2.24) is 10.2 Å². The van der Waals surface area contributed by atoms with E-state index in [2.05, 4.69) is 5.32 Å². The summed E-state index contributed by atoms with van der Waals surface area (Å²) >= 11 is 0. The summed E-state index contributed by atoms with van der Waals surface area (Å²) in [6, 6.07) is 9.00. The van der Waals surface area contributed by atoms with Crippen molar-refractivity contribution in [3.05, 3.63) is 41.6 Å². The fourth-order valence-electron chi connectivity index (χ4n) is 1.39. The van der Waals surface area contributed by atoms with Crippen LogP contribution in [0.25, 0.3) is 6.08 Å². The van der Waals surface area contributed by atoms with Gasteiger partial charge in [-0.2, -0.15) is 0 Å². The Hall–Kier alpha value is -2.63. The van der Waals surface area contributed by atoms with E-state index < -0.39 is 11.9 Å². The van der Waals surface area contributed by atoms with E-state index in [9.17, 15) is 14.4 Å². The van der Waals surface area contributed by atoms with Gasteiger partial charge in [-0.05, 0) is 11.6 Å². The Bertz CT molecular complexity index is 550. The van der Waals surface area contributed by atoms with E-state index in [0.717, 1.165) is 5.56 Å². The summed E-state index contributed by atoms with van der Waals surface area (Å²) in [4.78, 5) is 35.8. The van der Waals surface area contributed by atoms with E-state index >= 15 is 0 Å². The number of hydrogen-bond acceptors (Lipinski definition) is 4. The van der Waals surface area contributed by atoms with E-state index in [1.807, 2.05) is 6.07 Å². The largest absolute Gasteiger partial charge is 0.451 e. The number of carbonyl (C=O) groups excluding carboxylic acids is 3. The Kier molecular flexibility index (Phi) is 6.13. The molecule has 0 aliphatic heterocycles. The number of rotatable bonds is 5. The lowest BCUT2D eigenvalue weighted by molar-refractivity contribution is -0.148. The second-order valence-corrected chi connectivity index (χ2v) is 4.51. The minimum atomic E-state index is -0.760. The van der Waals surface area contributed by atoms with E-state index in [-0.39, 0.29) is 18.2 Å². The summed E-state index contributed by atoms with van der Waals surface area (Å²) in [5.74, 6) is -1.50. The van der Waals surface area contributed by atoms with Crippen LogP contribution < -0.4 is 5.32 Å². The number of ether oxygens (including phenoxy) is 1. The van der Waals surface area contributed by atoms with Crippen LogP contribution in [0.1, 0.15) is 12.5 Å². The number of nitrogens with zero attached hydrogens (tertiary/aromatic N) is 1. The molecule has 21 heavy (non-hydrogen) atoms. The van der Waals surface area contributed by atoms with Crippen LogP contribution in [0.15, 0.2) is 36.0 Å². The first-order valence-electron chi connectivity index (χ1n) is 6.31. The maximum Gasteiger partial charge on any atom is 0.355 e. The van der Waals surface area contributed by atoms with Gasteiger partial charge in [0.1, 0.15) is 5.70 Å². The van der Waals surface area contributed by atoms with Gasteiger partial charge in [-0.25, -0.2) is 4.79 Å². The van der Waals surface area contributed by atoms with E-state index in [1.54, 1.807) is 38.4 Å². The van der Waals surface area contributed by atoms with Crippen molar-refractivity contribution in [3.63, 3.8) is 0 Å². The molecule has 0 heterocycles. The zero-order valence-corrected chi connectivity index (χ0v) is 12.3. The van der Waals surface area contributed by atoms with Gasteiger partial charge in [-0.15, -0.1) is 0 Å². The van der Waals surface area contributed by atoms with Crippen molar-refractivity contribution in [3.8, 4) is 0 Å². The molecule has 2 amide bonds. The minimum Gasteiger partial charge on any atom is -0.451 e. The summed E-state index contributed by atoms with van der Waals surface area (Å²) in [7, 11) is 3.12. The molecule has 0 fully saturated rings. The zero-order chi connectivity index (χ0) is 15.8. The van der Waals surface area contributed by atoms with Crippen molar-refractivity contribution in [2.45, 2.75) is 6.92 Å². The third-order valence-electron chi connectivity index (χ3n) is 2.47. The maximum absolute atomic E-state index is 11.9. The number of carbonyl (C=O) groups is 3. The Balaban J connectivity index is 2.83. The van der Waals surface area contributed by atoms with Crippen molar-refractivity contribution < 1.29 is 19.1 Å². The zero-order valence-electron chi connectivity index (χ0n) is 12.3. The lowest BCUT2D eigenvalue weighted by atomic mass is 10.2. The van der Waals surface area contributed by atoms with Gasteiger partial charge < -0.3 is 15.0 Å². The van der Waals surface area contributed by atoms with Crippen LogP contribution in [0.3, 0.4) is 0 Å². The molecule has 112 valence electrons. The van der Waals surface area contributed by atoms with Crippen LogP contribution in [0.5, 0.6) is 0 Å². The van der Waals surface area contributed by atoms with Gasteiger partial charge >= 0.3 is 5.97 Å². The molecule has 0 unspecified atom stereocenters. The van der Waals surface area contributed by atoms with Crippen molar-refractivity contribution in [2.24, 2.45) is 0 Å². The third kappa shape index (κ3) is 5.90. The third-order valence-corrected chi connectivity index (χ3v) is 2.47. The highest BCUT2D eigenvalue weighted by molar-refractivity contribution is 5.98. The van der Waals surface area contributed by atoms with E-state index in [0.29, 0.717) is 0 Å². The summed E-state index contributed by atoms with van der Waals surface area (Å²) in [5, 5.41) is 2.40. The van der Waals surface area contributed by atoms with Crippen molar-refractivity contribution in [2.75, 3.05) is 20.7 Å². The van der Waals surface area contributed by atoms with Crippen LogP contribution in [0.4, 0.5) is 0 Å². The standard InChI is InChI=1S/C15H18N2O4/c1-11(18)16-13(9-12-7-5-4-6-8-12)15(20)21-10-14(19)17(2)3/h4-9H,10H2,1-3H3,(H,16,18). The molecule has 1 aromatic carbocycles. The van der Waals surface area contributed by atoms with Gasteiger partial charge in [0.05, 0.1) is 0 Å². The van der Waals surface area contributed by atoms with Crippen LogP contribution in [-0.4, -0.2) is 43.4 Å². The van der Waals surface area contributed by atoms with E-state index in [4.69, 9.17) is 4.74 Å². The Labute approximate surface area is 123 Å². The molecule has 6 nitrogen and oxygen atoms in total. The SMILES string of the molecule is CC(=O)NC(=Cc1ccccc1)C(=O)OCC(=O)N(C)C. The predicted molar refractivity (Wildman–Crippen MR) is 77.9 cm³/mol. The van der Waals surface area contributed by atoms with Gasteiger partial charge in [-0.3, -0.25) is 9.59 Å². The van der Waals surface area contributed by atoms with E-state index in [1.165, 1.54) is 17.9 Å². The minimum absolute atomic E-state index is 0.0137. The Morgan fingerprint density at radius 1 is 1.19 bits per heavy atom. The molecule has 6 heteroatoms. The molecule has 0 saturated heterocycles. The first kappa shape index (κ1) is 16.4. The molecule has 0 aliphatic carbocycles. The monoisotopic (exact) mass is 290 g/mol. The van der Waals surface area contributed by atoms with Crippen LogP contribution in [-0.2, 0) is 19.1 Å². The molecule has 0 saturated carbocycles. The molecule has 0 bridgehead atoms. The van der Waals surface area contributed by atoms with Crippen LogP contribution in [0, 0.1) is 0 Å². The second kappa shape index (κ2) is 7.84. The highest BCUT2D eigenvalue weighted by Gasteiger charge is 2.15. The molecule has 0 aliphatic rings. The Morgan fingerprint density at radius 2 is 1.81 bits per heavy atom. The Morgan fingerprint density at radius 3 is 2.33 bits per heavy atom. The number of esters is 1. The smallest absolute Gasteiger partial charge is 0.355 e. The molecule has 0 atom stereocenters.